The molecule has 3 rings (SSSR count). The highest BCUT2D eigenvalue weighted by Gasteiger charge is 2.20. The number of aromatic nitrogens is 2. The fourth-order valence-electron chi connectivity index (χ4n) is 2.58. The number of benzene rings is 1. The molecule has 1 atom stereocenters. The van der Waals surface area contributed by atoms with E-state index in [0.29, 0.717) is 6.42 Å². The van der Waals surface area contributed by atoms with Gasteiger partial charge in [0.15, 0.2) is 0 Å². The largest absolute Gasteiger partial charge is 0.355 e. The Morgan fingerprint density at radius 3 is 3.26 bits per heavy atom. The van der Waals surface area contributed by atoms with E-state index in [1.54, 1.807) is 0 Å². The molecule has 1 saturated heterocycles. The first-order chi connectivity index (χ1) is 9.22. The zero-order valence-corrected chi connectivity index (χ0v) is 11.0. The normalized spacial score (nSPS) is 21.3. The number of fused-ring (bicyclic) bond motifs is 1. The van der Waals surface area contributed by atoms with Crippen LogP contribution in [-0.4, -0.2) is 40.1 Å². The third-order valence-corrected chi connectivity index (χ3v) is 3.72. The van der Waals surface area contributed by atoms with Gasteiger partial charge in [-0.2, -0.15) is 5.10 Å². The summed E-state index contributed by atoms with van der Waals surface area (Å²) >= 11 is 0. The molecule has 2 aromatic rings. The lowest BCUT2D eigenvalue weighted by Gasteiger charge is -2.25. The Balaban J connectivity index is 1.77. The van der Waals surface area contributed by atoms with Gasteiger partial charge in [-0.25, -0.2) is 0 Å². The van der Waals surface area contributed by atoms with E-state index in [1.165, 1.54) is 5.56 Å². The lowest BCUT2D eigenvalue weighted by atomic mass is 10.1. The summed E-state index contributed by atoms with van der Waals surface area (Å²) < 4.78 is 0. The lowest BCUT2D eigenvalue weighted by Crippen LogP contribution is -2.33. The Hall–Kier alpha value is -1.88. The lowest BCUT2D eigenvalue weighted by molar-refractivity contribution is -0.121. The molecule has 19 heavy (non-hydrogen) atoms. The number of carbonyl (C=O) groups is 1. The van der Waals surface area contributed by atoms with Crippen LogP contribution in [0.2, 0.25) is 0 Å². The predicted octanol–water partition coefficient (Wildman–Crippen LogP) is 1.27. The SMILES string of the molecule is CC1CC(=O)NCCN1Cc1ccc2cn[nH]c2c1. The molecular weight excluding hydrogens is 240 g/mol. The molecule has 1 fully saturated rings. The second-order valence-electron chi connectivity index (χ2n) is 5.17. The molecule has 0 radical (unpaired) electrons. The minimum atomic E-state index is 0.152. The molecule has 5 heteroatoms. The van der Waals surface area contributed by atoms with Gasteiger partial charge in [-0.15, -0.1) is 0 Å². The van der Waals surface area contributed by atoms with Crippen LogP contribution in [0.1, 0.15) is 18.9 Å². The molecule has 2 heterocycles. The summed E-state index contributed by atoms with van der Waals surface area (Å²) in [6.07, 6.45) is 2.41. The Morgan fingerprint density at radius 1 is 1.47 bits per heavy atom. The molecule has 1 aromatic carbocycles. The summed E-state index contributed by atoms with van der Waals surface area (Å²) in [7, 11) is 0. The first kappa shape index (κ1) is 12.2. The highest BCUT2D eigenvalue weighted by molar-refractivity contribution is 5.78. The number of aromatic amines is 1. The number of H-pyrrole nitrogens is 1. The third kappa shape index (κ3) is 2.61. The number of nitrogens with zero attached hydrogens (tertiary/aromatic N) is 2. The number of amides is 1. The third-order valence-electron chi connectivity index (χ3n) is 3.72. The zero-order valence-electron chi connectivity index (χ0n) is 11.0. The van der Waals surface area contributed by atoms with Crippen LogP contribution in [-0.2, 0) is 11.3 Å². The van der Waals surface area contributed by atoms with Crippen molar-refractivity contribution in [1.29, 1.82) is 0 Å². The summed E-state index contributed by atoms with van der Waals surface area (Å²) in [5, 5.41) is 11.1. The Labute approximate surface area is 112 Å². The number of rotatable bonds is 2. The number of carbonyl (C=O) groups excluding carboxylic acids is 1. The minimum absolute atomic E-state index is 0.152. The molecule has 0 saturated carbocycles. The molecule has 0 bridgehead atoms. The molecule has 2 N–H and O–H groups in total. The van der Waals surface area contributed by atoms with E-state index in [-0.39, 0.29) is 11.9 Å². The number of hydrogen-bond acceptors (Lipinski definition) is 3. The maximum absolute atomic E-state index is 11.5. The van der Waals surface area contributed by atoms with Gasteiger partial charge < -0.3 is 5.32 Å². The summed E-state index contributed by atoms with van der Waals surface area (Å²) in [6, 6.07) is 6.62. The van der Waals surface area contributed by atoms with Gasteiger partial charge in [0.25, 0.3) is 0 Å². The highest BCUT2D eigenvalue weighted by atomic mass is 16.1. The van der Waals surface area contributed by atoms with Crippen LogP contribution in [0.3, 0.4) is 0 Å². The van der Waals surface area contributed by atoms with Gasteiger partial charge in [0.2, 0.25) is 5.91 Å². The van der Waals surface area contributed by atoms with E-state index in [9.17, 15) is 4.79 Å². The van der Waals surface area contributed by atoms with E-state index in [4.69, 9.17) is 0 Å². The second kappa shape index (κ2) is 5.01. The smallest absolute Gasteiger partial charge is 0.221 e. The van der Waals surface area contributed by atoms with Crippen molar-refractivity contribution in [3.05, 3.63) is 30.0 Å². The standard InChI is InChI=1S/C14H18N4O/c1-10-6-14(19)15-4-5-18(10)9-11-2-3-12-8-16-17-13(12)7-11/h2-3,7-8,10H,4-6,9H2,1H3,(H,15,19)(H,16,17). The summed E-state index contributed by atoms with van der Waals surface area (Å²) in [6.45, 7) is 4.61. The van der Waals surface area contributed by atoms with Crippen molar-refractivity contribution < 1.29 is 4.79 Å². The van der Waals surface area contributed by atoms with Crippen LogP contribution in [0, 0.1) is 0 Å². The van der Waals surface area contributed by atoms with Crippen LogP contribution < -0.4 is 5.32 Å². The molecule has 0 aliphatic carbocycles. The van der Waals surface area contributed by atoms with Crippen LogP contribution in [0.4, 0.5) is 0 Å². The van der Waals surface area contributed by atoms with Crippen molar-refractivity contribution >= 4 is 16.8 Å². The van der Waals surface area contributed by atoms with Crippen LogP contribution in [0.25, 0.3) is 10.9 Å². The van der Waals surface area contributed by atoms with Crippen molar-refractivity contribution in [2.24, 2.45) is 0 Å². The van der Waals surface area contributed by atoms with E-state index < -0.39 is 0 Å². The van der Waals surface area contributed by atoms with Crippen molar-refractivity contribution in [3.8, 4) is 0 Å². The Bertz CT molecular complexity index is 592. The van der Waals surface area contributed by atoms with Crippen LogP contribution in [0.5, 0.6) is 0 Å². The first-order valence-corrected chi connectivity index (χ1v) is 6.65. The number of nitrogens with one attached hydrogen (secondary N) is 2. The van der Waals surface area contributed by atoms with Crippen LogP contribution in [0.15, 0.2) is 24.4 Å². The average Bonchev–Trinajstić information content (AvgIpc) is 2.78. The van der Waals surface area contributed by atoms with Gasteiger partial charge in [0.05, 0.1) is 11.7 Å². The Morgan fingerprint density at radius 2 is 2.37 bits per heavy atom. The molecule has 1 aliphatic rings. The molecule has 1 aliphatic heterocycles. The van der Waals surface area contributed by atoms with Gasteiger partial charge in [-0.1, -0.05) is 12.1 Å². The Kier molecular flexibility index (Phi) is 3.21. The van der Waals surface area contributed by atoms with Crippen molar-refractivity contribution in [1.82, 2.24) is 20.4 Å². The number of hydrogen-bond donors (Lipinski definition) is 2. The fraction of sp³-hybridized carbons (Fsp3) is 0.429. The molecule has 1 unspecified atom stereocenters. The molecule has 0 spiro atoms. The molecule has 1 aromatic heterocycles. The topological polar surface area (TPSA) is 61.0 Å². The van der Waals surface area contributed by atoms with E-state index in [2.05, 4.69) is 45.5 Å². The summed E-state index contributed by atoms with van der Waals surface area (Å²) in [5.41, 5.74) is 2.31. The van der Waals surface area contributed by atoms with Gasteiger partial charge in [-0.3, -0.25) is 14.8 Å². The second-order valence-corrected chi connectivity index (χ2v) is 5.17. The minimum Gasteiger partial charge on any atom is -0.355 e. The van der Waals surface area contributed by atoms with E-state index in [0.717, 1.165) is 30.5 Å². The first-order valence-electron chi connectivity index (χ1n) is 6.65. The summed E-state index contributed by atoms with van der Waals surface area (Å²) in [4.78, 5) is 13.8. The highest BCUT2D eigenvalue weighted by Crippen LogP contribution is 2.16. The van der Waals surface area contributed by atoms with Crippen molar-refractivity contribution in [3.63, 3.8) is 0 Å². The van der Waals surface area contributed by atoms with Crippen molar-refractivity contribution in [2.75, 3.05) is 13.1 Å². The predicted molar refractivity (Wildman–Crippen MR) is 73.6 cm³/mol. The average molecular weight is 258 g/mol. The van der Waals surface area contributed by atoms with E-state index in [1.807, 2.05) is 6.20 Å². The van der Waals surface area contributed by atoms with Gasteiger partial charge >= 0.3 is 0 Å². The maximum Gasteiger partial charge on any atom is 0.221 e. The fourth-order valence-corrected chi connectivity index (χ4v) is 2.58. The maximum atomic E-state index is 11.5. The quantitative estimate of drug-likeness (QED) is 0.853. The van der Waals surface area contributed by atoms with E-state index >= 15 is 0 Å². The molecule has 1 amide bonds. The molecule has 100 valence electrons. The van der Waals surface area contributed by atoms with Gasteiger partial charge in [0.1, 0.15) is 0 Å². The molecular formula is C14H18N4O. The van der Waals surface area contributed by atoms with Crippen LogP contribution >= 0.6 is 0 Å². The van der Waals surface area contributed by atoms with Gasteiger partial charge in [0, 0.05) is 37.5 Å². The van der Waals surface area contributed by atoms with Crippen molar-refractivity contribution in [2.45, 2.75) is 25.9 Å². The summed E-state index contributed by atoms with van der Waals surface area (Å²) in [5.74, 6) is 0.152. The molecule has 5 nitrogen and oxygen atoms in total. The monoisotopic (exact) mass is 258 g/mol. The zero-order chi connectivity index (χ0) is 13.2. The van der Waals surface area contributed by atoms with Gasteiger partial charge in [-0.05, 0) is 18.6 Å².